The average molecular weight is 260 g/mol. The van der Waals surface area contributed by atoms with Crippen molar-refractivity contribution in [1.29, 1.82) is 5.26 Å². The van der Waals surface area contributed by atoms with Crippen LogP contribution in [0, 0.1) is 10.7 Å². The Morgan fingerprint density at radius 1 is 1.44 bits per heavy atom. The molecular weight excluding hydrogens is 252 g/mol. The third-order valence-electron chi connectivity index (χ3n) is 2.28. The number of nitrogen functional groups attached to an aromatic ring is 1. The number of hydrogen-bond donors (Lipinski definition) is 2. The Hall–Kier alpha value is -2.46. The number of nitrogens with zero attached hydrogens (tertiary/aromatic N) is 3. The summed E-state index contributed by atoms with van der Waals surface area (Å²) in [6, 6.07) is 6.92. The molecule has 0 aliphatic carbocycles. The Kier molecular flexibility index (Phi) is 3.21. The van der Waals surface area contributed by atoms with Crippen molar-refractivity contribution in [2.45, 2.75) is 4.90 Å². The number of thiocyanates is 1. The van der Waals surface area contributed by atoms with Crippen LogP contribution in [0.2, 0.25) is 0 Å². The molecule has 3 N–H and O–H groups in total. The van der Waals surface area contributed by atoms with E-state index in [4.69, 9.17) is 16.1 Å². The van der Waals surface area contributed by atoms with E-state index in [1.807, 2.05) is 5.40 Å². The van der Waals surface area contributed by atoms with E-state index in [2.05, 4.69) is 5.10 Å². The van der Waals surface area contributed by atoms with Gasteiger partial charge in [-0.3, -0.25) is 0 Å². The minimum Gasteiger partial charge on any atom is -0.477 e. The second-order valence-corrected chi connectivity index (χ2v) is 4.21. The van der Waals surface area contributed by atoms with Crippen LogP contribution in [0.15, 0.2) is 35.4 Å². The van der Waals surface area contributed by atoms with Crippen LogP contribution in [-0.4, -0.2) is 20.9 Å². The van der Waals surface area contributed by atoms with Crippen molar-refractivity contribution < 1.29 is 9.90 Å². The standard InChI is InChI=1S/C11H8N4O2S/c12-6-18-8-3-1-7(2-4-8)15-10(13)9(5-14-15)11(16)17/h1-5H,13H2,(H,16,17). The van der Waals surface area contributed by atoms with E-state index in [9.17, 15) is 4.79 Å². The average Bonchev–Trinajstić information content (AvgIpc) is 2.73. The van der Waals surface area contributed by atoms with Gasteiger partial charge in [-0.15, -0.1) is 0 Å². The number of nitriles is 1. The highest BCUT2D eigenvalue weighted by atomic mass is 32.2. The number of rotatable bonds is 3. The number of benzene rings is 1. The highest BCUT2D eigenvalue weighted by Crippen LogP contribution is 2.21. The van der Waals surface area contributed by atoms with Crippen LogP contribution in [0.25, 0.3) is 5.69 Å². The predicted octanol–water partition coefficient (Wildman–Crippen LogP) is 1.73. The quantitative estimate of drug-likeness (QED) is 0.643. The zero-order valence-corrected chi connectivity index (χ0v) is 9.89. The molecule has 0 saturated carbocycles. The van der Waals surface area contributed by atoms with Gasteiger partial charge >= 0.3 is 5.97 Å². The highest BCUT2D eigenvalue weighted by molar-refractivity contribution is 8.03. The molecule has 2 rings (SSSR count). The van der Waals surface area contributed by atoms with Gasteiger partial charge in [-0.2, -0.15) is 10.4 Å². The van der Waals surface area contributed by atoms with E-state index in [1.54, 1.807) is 24.3 Å². The summed E-state index contributed by atoms with van der Waals surface area (Å²) in [6.45, 7) is 0. The number of anilines is 1. The number of carboxylic acid groups (broad SMARTS) is 1. The van der Waals surface area contributed by atoms with E-state index >= 15 is 0 Å². The molecule has 0 radical (unpaired) electrons. The molecule has 0 aliphatic rings. The summed E-state index contributed by atoms with van der Waals surface area (Å²) in [4.78, 5) is 11.6. The molecule has 90 valence electrons. The lowest BCUT2D eigenvalue weighted by Crippen LogP contribution is -2.05. The van der Waals surface area contributed by atoms with Gasteiger partial charge in [-0.25, -0.2) is 9.48 Å². The van der Waals surface area contributed by atoms with Gasteiger partial charge in [0.15, 0.2) is 0 Å². The Morgan fingerprint density at radius 3 is 2.61 bits per heavy atom. The van der Waals surface area contributed by atoms with Crippen LogP contribution in [-0.2, 0) is 0 Å². The summed E-state index contributed by atoms with van der Waals surface area (Å²) in [6.07, 6.45) is 1.20. The molecule has 0 unspecified atom stereocenters. The molecular formula is C11H8N4O2S. The lowest BCUT2D eigenvalue weighted by Gasteiger charge is -2.04. The topological polar surface area (TPSA) is 105 Å². The van der Waals surface area contributed by atoms with E-state index in [0.29, 0.717) is 5.69 Å². The van der Waals surface area contributed by atoms with Crippen LogP contribution in [0.4, 0.5) is 5.82 Å². The van der Waals surface area contributed by atoms with Gasteiger partial charge < -0.3 is 10.8 Å². The maximum atomic E-state index is 10.8. The fourth-order valence-electron chi connectivity index (χ4n) is 1.44. The first-order valence-electron chi connectivity index (χ1n) is 4.86. The number of aromatic nitrogens is 2. The maximum absolute atomic E-state index is 10.8. The fraction of sp³-hybridized carbons (Fsp3) is 0. The van der Waals surface area contributed by atoms with Gasteiger partial charge in [-0.1, -0.05) is 0 Å². The lowest BCUT2D eigenvalue weighted by atomic mass is 10.3. The van der Waals surface area contributed by atoms with Crippen LogP contribution >= 0.6 is 11.8 Å². The molecule has 7 heteroatoms. The number of nitrogens with two attached hydrogens (primary N) is 1. The first-order valence-corrected chi connectivity index (χ1v) is 5.68. The van der Waals surface area contributed by atoms with Crippen LogP contribution in [0.3, 0.4) is 0 Å². The molecule has 18 heavy (non-hydrogen) atoms. The first kappa shape index (κ1) is 12.0. The molecule has 0 amide bonds. The van der Waals surface area contributed by atoms with Crippen molar-refractivity contribution >= 4 is 23.5 Å². The van der Waals surface area contributed by atoms with Gasteiger partial charge in [0.25, 0.3) is 0 Å². The number of thioether (sulfide) groups is 1. The predicted molar refractivity (Wildman–Crippen MR) is 66.4 cm³/mol. The zero-order valence-electron chi connectivity index (χ0n) is 9.07. The minimum absolute atomic E-state index is 0.0366. The molecule has 0 fully saturated rings. The highest BCUT2D eigenvalue weighted by Gasteiger charge is 2.14. The molecule has 1 aromatic heterocycles. The summed E-state index contributed by atoms with van der Waals surface area (Å²) in [7, 11) is 0. The van der Waals surface area contributed by atoms with Gasteiger partial charge in [0.05, 0.1) is 11.9 Å². The maximum Gasteiger partial charge on any atom is 0.341 e. The third kappa shape index (κ3) is 2.14. The largest absolute Gasteiger partial charge is 0.477 e. The summed E-state index contributed by atoms with van der Waals surface area (Å²) in [5.41, 5.74) is 6.30. The van der Waals surface area contributed by atoms with Crippen molar-refractivity contribution in [3.8, 4) is 11.1 Å². The SMILES string of the molecule is N#CSc1ccc(-n2ncc(C(=O)O)c2N)cc1. The third-order valence-corrected chi connectivity index (χ3v) is 2.88. The van der Waals surface area contributed by atoms with E-state index < -0.39 is 5.97 Å². The molecule has 1 heterocycles. The molecule has 0 atom stereocenters. The van der Waals surface area contributed by atoms with E-state index in [0.717, 1.165) is 16.7 Å². The summed E-state index contributed by atoms with van der Waals surface area (Å²) in [5.74, 6) is -1.04. The van der Waals surface area contributed by atoms with Crippen molar-refractivity contribution in [2.75, 3.05) is 5.73 Å². The lowest BCUT2D eigenvalue weighted by molar-refractivity contribution is 0.0698. The zero-order chi connectivity index (χ0) is 13.1. The van der Waals surface area contributed by atoms with Crippen LogP contribution in [0.5, 0.6) is 0 Å². The van der Waals surface area contributed by atoms with Crippen LogP contribution < -0.4 is 5.73 Å². The molecule has 0 aliphatic heterocycles. The first-order chi connectivity index (χ1) is 8.63. The molecule has 0 saturated heterocycles. The minimum atomic E-state index is -1.12. The summed E-state index contributed by atoms with van der Waals surface area (Å²) in [5, 5.41) is 23.3. The number of carbonyl (C=O) groups is 1. The molecule has 0 spiro atoms. The Labute approximate surface area is 107 Å². The van der Waals surface area contributed by atoms with Crippen LogP contribution in [0.1, 0.15) is 10.4 Å². The number of carboxylic acids is 1. The van der Waals surface area contributed by atoms with Gasteiger partial charge in [0.2, 0.25) is 0 Å². The normalized spacial score (nSPS) is 9.94. The molecule has 6 nitrogen and oxygen atoms in total. The van der Waals surface area contributed by atoms with E-state index in [1.165, 1.54) is 10.9 Å². The smallest absolute Gasteiger partial charge is 0.341 e. The van der Waals surface area contributed by atoms with Crippen molar-refractivity contribution in [2.24, 2.45) is 0 Å². The fourth-order valence-corrected chi connectivity index (χ4v) is 1.81. The summed E-state index contributed by atoms with van der Waals surface area (Å²) < 4.78 is 1.34. The van der Waals surface area contributed by atoms with E-state index in [-0.39, 0.29) is 11.4 Å². The molecule has 2 aromatic rings. The Balaban J connectivity index is 2.38. The second kappa shape index (κ2) is 4.81. The van der Waals surface area contributed by atoms with Gasteiger partial charge in [0, 0.05) is 4.90 Å². The van der Waals surface area contributed by atoms with Gasteiger partial charge in [-0.05, 0) is 36.0 Å². The van der Waals surface area contributed by atoms with Crippen molar-refractivity contribution in [1.82, 2.24) is 9.78 Å². The molecule has 1 aromatic carbocycles. The Morgan fingerprint density at radius 2 is 2.11 bits per heavy atom. The number of aromatic carboxylic acids is 1. The number of hydrogen-bond acceptors (Lipinski definition) is 5. The molecule has 0 bridgehead atoms. The van der Waals surface area contributed by atoms with Crippen molar-refractivity contribution in [3.05, 3.63) is 36.0 Å². The summed E-state index contributed by atoms with van der Waals surface area (Å²) >= 11 is 1.04. The Bertz CT molecular complexity index is 627. The van der Waals surface area contributed by atoms with Gasteiger partial charge in [0.1, 0.15) is 16.8 Å². The van der Waals surface area contributed by atoms with Crippen molar-refractivity contribution in [3.63, 3.8) is 0 Å². The second-order valence-electron chi connectivity index (χ2n) is 3.35. The monoisotopic (exact) mass is 260 g/mol.